The molecule has 0 aliphatic rings. The summed E-state index contributed by atoms with van der Waals surface area (Å²) in [4.78, 5) is 22.3. The summed E-state index contributed by atoms with van der Waals surface area (Å²) >= 11 is 1.30. The fourth-order valence-electron chi connectivity index (χ4n) is 3.50. The van der Waals surface area contributed by atoms with Crippen molar-refractivity contribution < 1.29 is 17.9 Å². The molecule has 1 unspecified atom stereocenters. The molecule has 8 nitrogen and oxygen atoms in total. The SMILES string of the molecule is CCC(C)NS(=O)(=O)c1ccc(NC(=O)CSc2nc(-c3ccccc3)nc3ccc(OC)cc23)cc1. The Morgan fingerprint density at radius 2 is 1.76 bits per heavy atom. The standard InChI is InChI=1S/C27H28N4O4S2/c1-4-18(2)31-37(33,34)22-13-10-20(11-14-22)28-25(32)17-36-27-23-16-21(35-3)12-15-24(23)29-26(30-27)19-8-6-5-7-9-19/h5-16,18,31H,4,17H2,1-3H3,(H,28,32). The van der Waals surface area contributed by atoms with Crippen molar-refractivity contribution in [3.8, 4) is 17.1 Å². The Kier molecular flexibility index (Phi) is 8.42. The van der Waals surface area contributed by atoms with E-state index in [4.69, 9.17) is 14.7 Å². The molecule has 0 saturated carbocycles. The molecule has 0 aliphatic carbocycles. The Morgan fingerprint density at radius 1 is 1.03 bits per heavy atom. The highest BCUT2D eigenvalue weighted by atomic mass is 32.2. The summed E-state index contributed by atoms with van der Waals surface area (Å²) in [7, 11) is -2.01. The van der Waals surface area contributed by atoms with Gasteiger partial charge < -0.3 is 10.1 Å². The van der Waals surface area contributed by atoms with Crippen LogP contribution >= 0.6 is 11.8 Å². The highest BCUT2D eigenvalue weighted by Gasteiger charge is 2.17. The first-order valence-corrected chi connectivity index (χ1v) is 14.2. The fourth-order valence-corrected chi connectivity index (χ4v) is 5.63. The number of hydrogen-bond donors (Lipinski definition) is 2. The van der Waals surface area contributed by atoms with Gasteiger partial charge in [-0.05, 0) is 55.8 Å². The third-order valence-corrected chi connectivity index (χ3v) is 8.25. The quantitative estimate of drug-likeness (QED) is 0.214. The number of carbonyl (C=O) groups is 1. The van der Waals surface area contributed by atoms with Crippen LogP contribution in [0.4, 0.5) is 5.69 Å². The number of fused-ring (bicyclic) bond motifs is 1. The van der Waals surface area contributed by atoms with E-state index in [-0.39, 0.29) is 22.6 Å². The number of carbonyl (C=O) groups excluding carboxylic acids is 1. The summed E-state index contributed by atoms with van der Waals surface area (Å²) in [5.41, 5.74) is 2.14. The maximum absolute atomic E-state index is 12.7. The summed E-state index contributed by atoms with van der Waals surface area (Å²) in [6.07, 6.45) is 0.687. The highest BCUT2D eigenvalue weighted by Crippen LogP contribution is 2.31. The Hall–Kier alpha value is -3.47. The second kappa shape index (κ2) is 11.7. The largest absolute Gasteiger partial charge is 0.497 e. The van der Waals surface area contributed by atoms with E-state index in [2.05, 4.69) is 10.0 Å². The predicted molar refractivity (Wildman–Crippen MR) is 147 cm³/mol. The number of hydrogen-bond acceptors (Lipinski definition) is 7. The average molecular weight is 537 g/mol. The van der Waals surface area contributed by atoms with Gasteiger partial charge in [0.1, 0.15) is 10.8 Å². The van der Waals surface area contributed by atoms with Gasteiger partial charge in [-0.3, -0.25) is 4.79 Å². The van der Waals surface area contributed by atoms with E-state index < -0.39 is 10.0 Å². The van der Waals surface area contributed by atoms with E-state index in [0.717, 1.165) is 16.5 Å². The second-order valence-electron chi connectivity index (χ2n) is 8.39. The van der Waals surface area contributed by atoms with Gasteiger partial charge in [0.15, 0.2) is 5.82 Å². The molecule has 10 heteroatoms. The van der Waals surface area contributed by atoms with Crippen LogP contribution in [0.3, 0.4) is 0 Å². The van der Waals surface area contributed by atoms with E-state index in [1.54, 1.807) is 19.2 Å². The van der Waals surface area contributed by atoms with E-state index in [9.17, 15) is 13.2 Å². The molecule has 1 heterocycles. The molecule has 1 atom stereocenters. The zero-order chi connectivity index (χ0) is 26.4. The molecule has 192 valence electrons. The topological polar surface area (TPSA) is 110 Å². The van der Waals surface area contributed by atoms with Gasteiger partial charge in [-0.15, -0.1) is 0 Å². The van der Waals surface area contributed by atoms with Crippen LogP contribution in [0.5, 0.6) is 5.75 Å². The number of nitrogens with one attached hydrogen (secondary N) is 2. The van der Waals surface area contributed by atoms with Gasteiger partial charge in [0.25, 0.3) is 0 Å². The number of nitrogens with zero attached hydrogens (tertiary/aromatic N) is 2. The Bertz CT molecular complexity index is 1490. The summed E-state index contributed by atoms with van der Waals surface area (Å²) in [6.45, 7) is 3.72. The van der Waals surface area contributed by atoms with Crippen LogP contribution in [0.25, 0.3) is 22.3 Å². The van der Waals surface area contributed by atoms with E-state index in [1.165, 1.54) is 23.9 Å². The van der Waals surface area contributed by atoms with Crippen molar-refractivity contribution in [3.63, 3.8) is 0 Å². The number of ether oxygens (including phenoxy) is 1. The van der Waals surface area contributed by atoms with Crippen molar-refractivity contribution in [3.05, 3.63) is 72.8 Å². The first-order chi connectivity index (χ1) is 17.8. The minimum Gasteiger partial charge on any atom is -0.497 e. The van der Waals surface area contributed by atoms with E-state index in [0.29, 0.717) is 28.7 Å². The molecule has 37 heavy (non-hydrogen) atoms. The molecular formula is C27H28N4O4S2. The van der Waals surface area contributed by atoms with Crippen LogP contribution in [0.2, 0.25) is 0 Å². The minimum absolute atomic E-state index is 0.104. The van der Waals surface area contributed by atoms with Crippen molar-refractivity contribution in [2.75, 3.05) is 18.2 Å². The van der Waals surface area contributed by atoms with Gasteiger partial charge >= 0.3 is 0 Å². The lowest BCUT2D eigenvalue weighted by Gasteiger charge is -2.13. The Balaban J connectivity index is 1.50. The predicted octanol–water partition coefficient (Wildman–Crippen LogP) is 5.11. The molecule has 3 aromatic carbocycles. The van der Waals surface area contributed by atoms with Crippen molar-refractivity contribution in [1.82, 2.24) is 14.7 Å². The molecule has 0 saturated heterocycles. The summed E-state index contributed by atoms with van der Waals surface area (Å²) < 4.78 is 32.9. The van der Waals surface area contributed by atoms with Crippen LogP contribution in [0.15, 0.2) is 82.7 Å². The second-order valence-corrected chi connectivity index (χ2v) is 11.1. The molecule has 2 N–H and O–H groups in total. The van der Waals surface area contributed by atoms with Crippen LogP contribution < -0.4 is 14.8 Å². The van der Waals surface area contributed by atoms with Crippen molar-refractivity contribution in [2.45, 2.75) is 36.2 Å². The average Bonchev–Trinajstić information content (AvgIpc) is 2.91. The Morgan fingerprint density at radius 3 is 2.43 bits per heavy atom. The molecule has 4 rings (SSSR count). The first-order valence-electron chi connectivity index (χ1n) is 11.8. The Labute approximate surface area is 220 Å². The van der Waals surface area contributed by atoms with Crippen molar-refractivity contribution in [2.24, 2.45) is 0 Å². The number of methoxy groups -OCH3 is 1. The van der Waals surface area contributed by atoms with Gasteiger partial charge in [-0.2, -0.15) is 0 Å². The number of aromatic nitrogens is 2. The summed E-state index contributed by atoms with van der Waals surface area (Å²) in [6, 6.07) is 21.2. The smallest absolute Gasteiger partial charge is 0.240 e. The van der Waals surface area contributed by atoms with Gasteiger partial charge in [0, 0.05) is 22.7 Å². The molecule has 0 fully saturated rings. The molecule has 1 aromatic heterocycles. The minimum atomic E-state index is -3.61. The lowest BCUT2D eigenvalue weighted by Crippen LogP contribution is -2.31. The molecule has 4 aromatic rings. The number of anilines is 1. The number of amides is 1. The van der Waals surface area contributed by atoms with Crippen molar-refractivity contribution >= 4 is 44.3 Å². The van der Waals surface area contributed by atoms with Gasteiger partial charge in [-0.25, -0.2) is 23.1 Å². The van der Waals surface area contributed by atoms with E-state index >= 15 is 0 Å². The third-order valence-electron chi connectivity index (χ3n) is 5.66. The third kappa shape index (κ3) is 6.65. The first kappa shape index (κ1) is 26.6. The van der Waals surface area contributed by atoms with Crippen LogP contribution in [0.1, 0.15) is 20.3 Å². The molecule has 0 bridgehead atoms. The van der Waals surface area contributed by atoms with Crippen LogP contribution in [-0.4, -0.2) is 43.2 Å². The van der Waals surface area contributed by atoms with Gasteiger partial charge in [-0.1, -0.05) is 49.0 Å². The van der Waals surface area contributed by atoms with Crippen LogP contribution in [-0.2, 0) is 14.8 Å². The van der Waals surface area contributed by atoms with Crippen molar-refractivity contribution in [1.29, 1.82) is 0 Å². The molecule has 1 amide bonds. The lowest BCUT2D eigenvalue weighted by atomic mass is 10.2. The number of rotatable bonds is 10. The number of thioether (sulfide) groups is 1. The molecule has 0 aliphatic heterocycles. The lowest BCUT2D eigenvalue weighted by molar-refractivity contribution is -0.113. The van der Waals surface area contributed by atoms with Gasteiger partial charge in [0.2, 0.25) is 15.9 Å². The molecular weight excluding hydrogens is 508 g/mol. The monoisotopic (exact) mass is 536 g/mol. The zero-order valence-corrected chi connectivity index (χ0v) is 22.4. The fraction of sp³-hybridized carbons (Fsp3) is 0.222. The number of sulfonamides is 1. The molecule has 0 radical (unpaired) electrons. The zero-order valence-electron chi connectivity index (χ0n) is 20.8. The summed E-state index contributed by atoms with van der Waals surface area (Å²) in [5, 5.41) is 4.27. The maximum atomic E-state index is 12.7. The highest BCUT2D eigenvalue weighted by molar-refractivity contribution is 8.00. The van der Waals surface area contributed by atoms with Gasteiger partial charge in [0.05, 0.1) is 23.3 Å². The summed E-state index contributed by atoms with van der Waals surface area (Å²) in [5.74, 6) is 1.11. The van der Waals surface area contributed by atoms with Crippen LogP contribution in [0, 0.1) is 0 Å². The number of benzene rings is 3. The molecule has 0 spiro atoms. The maximum Gasteiger partial charge on any atom is 0.240 e. The normalized spacial score (nSPS) is 12.3. The van der Waals surface area contributed by atoms with E-state index in [1.807, 2.05) is 62.4 Å².